The quantitative estimate of drug-likeness (QED) is 0.796. The van der Waals surface area contributed by atoms with Crippen LogP contribution in [-0.2, 0) is 0 Å². The molecule has 2 N–H and O–H groups in total. The van der Waals surface area contributed by atoms with E-state index in [4.69, 9.17) is 5.26 Å². The lowest BCUT2D eigenvalue weighted by molar-refractivity contribution is 0.172. The number of benzene rings is 1. The summed E-state index contributed by atoms with van der Waals surface area (Å²) < 4.78 is 0. The number of hydrogen-bond acceptors (Lipinski definition) is 3. The smallest absolute Gasteiger partial charge is 0.0992 e. The van der Waals surface area contributed by atoms with E-state index < -0.39 is 0 Å². The molecular weight excluding hydrogens is 200 g/mol. The second-order valence-corrected chi connectivity index (χ2v) is 4.39. The molecular formula is C13H16N2O. The maximum atomic E-state index is 9.74. The third-order valence-corrected chi connectivity index (χ3v) is 3.19. The number of rotatable bonds is 2. The van der Waals surface area contributed by atoms with Gasteiger partial charge in [0.2, 0.25) is 0 Å². The Morgan fingerprint density at radius 1 is 1.44 bits per heavy atom. The minimum atomic E-state index is -0.259. The lowest BCUT2D eigenvalue weighted by Gasteiger charge is -2.19. The van der Waals surface area contributed by atoms with E-state index >= 15 is 0 Å². The number of hydrogen-bond donors (Lipinski definition) is 2. The van der Waals surface area contributed by atoms with Gasteiger partial charge in [0.05, 0.1) is 23.8 Å². The molecule has 2 rings (SSSR count). The molecule has 0 amide bonds. The fourth-order valence-electron chi connectivity index (χ4n) is 2.16. The van der Waals surface area contributed by atoms with E-state index in [1.54, 1.807) is 0 Å². The zero-order chi connectivity index (χ0) is 11.5. The summed E-state index contributed by atoms with van der Waals surface area (Å²) in [6.07, 6.45) is 2.67. The molecule has 2 atom stereocenters. The number of aryl methyl sites for hydroxylation is 1. The first-order valence-electron chi connectivity index (χ1n) is 5.66. The van der Waals surface area contributed by atoms with Crippen molar-refractivity contribution in [1.82, 2.24) is 0 Å². The van der Waals surface area contributed by atoms with E-state index in [0.717, 1.165) is 30.5 Å². The first-order chi connectivity index (χ1) is 7.70. The average molecular weight is 216 g/mol. The zero-order valence-corrected chi connectivity index (χ0v) is 9.40. The third-order valence-electron chi connectivity index (χ3n) is 3.19. The first kappa shape index (κ1) is 11.0. The van der Waals surface area contributed by atoms with E-state index in [-0.39, 0.29) is 12.1 Å². The SMILES string of the molecule is Cc1ccc(C#N)cc1NC1CCCC1O. The molecule has 0 aromatic heterocycles. The van der Waals surface area contributed by atoms with Crippen LogP contribution in [0.2, 0.25) is 0 Å². The summed E-state index contributed by atoms with van der Waals surface area (Å²) in [5, 5.41) is 21.9. The van der Waals surface area contributed by atoms with Crippen molar-refractivity contribution in [2.75, 3.05) is 5.32 Å². The molecule has 1 aliphatic carbocycles. The van der Waals surface area contributed by atoms with Crippen molar-refractivity contribution in [3.05, 3.63) is 29.3 Å². The Kier molecular flexibility index (Phi) is 3.12. The van der Waals surface area contributed by atoms with Crippen LogP contribution in [0.5, 0.6) is 0 Å². The lowest BCUT2D eigenvalue weighted by Crippen LogP contribution is -2.28. The van der Waals surface area contributed by atoms with Crippen LogP contribution in [0, 0.1) is 18.3 Å². The van der Waals surface area contributed by atoms with Gasteiger partial charge in [-0.25, -0.2) is 0 Å². The van der Waals surface area contributed by atoms with Crippen LogP contribution in [0.3, 0.4) is 0 Å². The summed E-state index contributed by atoms with van der Waals surface area (Å²) >= 11 is 0. The summed E-state index contributed by atoms with van der Waals surface area (Å²) in [5.74, 6) is 0. The van der Waals surface area contributed by atoms with Crippen LogP contribution in [0.25, 0.3) is 0 Å². The van der Waals surface area contributed by atoms with Gasteiger partial charge in [0.1, 0.15) is 0 Å². The Bertz CT molecular complexity index is 422. The molecule has 0 spiro atoms. The molecule has 1 saturated carbocycles. The molecule has 0 saturated heterocycles. The highest BCUT2D eigenvalue weighted by Crippen LogP contribution is 2.25. The van der Waals surface area contributed by atoms with Crippen LogP contribution >= 0.6 is 0 Å². The Morgan fingerprint density at radius 3 is 2.88 bits per heavy atom. The van der Waals surface area contributed by atoms with Gasteiger partial charge in [-0.3, -0.25) is 0 Å². The van der Waals surface area contributed by atoms with E-state index in [0.29, 0.717) is 5.56 Å². The summed E-state index contributed by atoms with van der Waals surface area (Å²) in [6, 6.07) is 7.85. The maximum absolute atomic E-state index is 9.74. The van der Waals surface area contributed by atoms with Crippen LogP contribution in [0.15, 0.2) is 18.2 Å². The van der Waals surface area contributed by atoms with E-state index in [9.17, 15) is 5.11 Å². The predicted molar refractivity (Wildman–Crippen MR) is 63.2 cm³/mol. The molecule has 1 fully saturated rings. The Morgan fingerprint density at radius 2 is 2.25 bits per heavy atom. The average Bonchev–Trinajstić information content (AvgIpc) is 2.68. The van der Waals surface area contributed by atoms with Gasteiger partial charge in [0.25, 0.3) is 0 Å². The van der Waals surface area contributed by atoms with Gasteiger partial charge in [-0.05, 0) is 43.9 Å². The predicted octanol–water partition coefficient (Wildman–Crippen LogP) is 2.19. The molecule has 3 nitrogen and oxygen atoms in total. The summed E-state index contributed by atoms with van der Waals surface area (Å²) in [4.78, 5) is 0. The van der Waals surface area contributed by atoms with Crippen LogP contribution < -0.4 is 5.32 Å². The van der Waals surface area contributed by atoms with Gasteiger partial charge in [-0.2, -0.15) is 5.26 Å². The summed E-state index contributed by atoms with van der Waals surface area (Å²) in [6.45, 7) is 2.00. The van der Waals surface area contributed by atoms with Crippen molar-refractivity contribution in [3.8, 4) is 6.07 Å². The van der Waals surface area contributed by atoms with Crippen LogP contribution in [-0.4, -0.2) is 17.3 Å². The monoisotopic (exact) mass is 216 g/mol. The Balaban J connectivity index is 2.17. The van der Waals surface area contributed by atoms with Crippen molar-refractivity contribution >= 4 is 5.69 Å². The second kappa shape index (κ2) is 4.54. The van der Waals surface area contributed by atoms with Crippen LogP contribution in [0.4, 0.5) is 5.69 Å². The molecule has 84 valence electrons. The number of nitrogens with one attached hydrogen (secondary N) is 1. The molecule has 1 aromatic rings. The number of nitriles is 1. The normalized spacial score (nSPS) is 24.1. The van der Waals surface area contributed by atoms with Gasteiger partial charge in [0.15, 0.2) is 0 Å². The molecule has 0 aliphatic heterocycles. The standard InChI is InChI=1S/C13H16N2O/c1-9-5-6-10(8-14)7-12(9)15-11-3-2-4-13(11)16/h5-7,11,13,15-16H,2-4H2,1H3. The molecule has 16 heavy (non-hydrogen) atoms. The number of anilines is 1. The van der Waals surface area contributed by atoms with Gasteiger partial charge in [-0.15, -0.1) is 0 Å². The lowest BCUT2D eigenvalue weighted by atomic mass is 10.1. The largest absolute Gasteiger partial charge is 0.391 e. The minimum absolute atomic E-state index is 0.132. The van der Waals surface area contributed by atoms with Gasteiger partial charge < -0.3 is 10.4 Å². The van der Waals surface area contributed by atoms with Gasteiger partial charge in [0, 0.05) is 5.69 Å². The van der Waals surface area contributed by atoms with E-state index in [2.05, 4.69) is 11.4 Å². The van der Waals surface area contributed by atoms with Crippen molar-refractivity contribution < 1.29 is 5.11 Å². The summed E-state index contributed by atoms with van der Waals surface area (Å²) in [5.41, 5.74) is 2.73. The summed E-state index contributed by atoms with van der Waals surface area (Å²) in [7, 11) is 0. The molecule has 1 aliphatic rings. The molecule has 1 aromatic carbocycles. The van der Waals surface area contributed by atoms with Gasteiger partial charge >= 0.3 is 0 Å². The van der Waals surface area contributed by atoms with Gasteiger partial charge in [-0.1, -0.05) is 6.07 Å². The number of nitrogens with zero attached hydrogens (tertiary/aromatic N) is 1. The van der Waals surface area contributed by atoms with E-state index in [1.165, 1.54) is 0 Å². The van der Waals surface area contributed by atoms with Crippen molar-refractivity contribution in [2.45, 2.75) is 38.3 Å². The number of aliphatic hydroxyl groups is 1. The topological polar surface area (TPSA) is 56.0 Å². The highest BCUT2D eigenvalue weighted by Gasteiger charge is 2.25. The fraction of sp³-hybridized carbons (Fsp3) is 0.462. The molecule has 0 heterocycles. The second-order valence-electron chi connectivity index (χ2n) is 4.39. The first-order valence-corrected chi connectivity index (χ1v) is 5.66. The van der Waals surface area contributed by atoms with Crippen LogP contribution in [0.1, 0.15) is 30.4 Å². The minimum Gasteiger partial charge on any atom is -0.391 e. The third kappa shape index (κ3) is 2.17. The highest BCUT2D eigenvalue weighted by molar-refractivity contribution is 5.55. The zero-order valence-electron chi connectivity index (χ0n) is 9.40. The van der Waals surface area contributed by atoms with Crippen molar-refractivity contribution in [3.63, 3.8) is 0 Å². The number of aliphatic hydroxyl groups excluding tert-OH is 1. The van der Waals surface area contributed by atoms with Crippen molar-refractivity contribution in [1.29, 1.82) is 5.26 Å². The fourth-order valence-corrected chi connectivity index (χ4v) is 2.16. The molecule has 0 radical (unpaired) electrons. The van der Waals surface area contributed by atoms with E-state index in [1.807, 2.05) is 25.1 Å². The maximum Gasteiger partial charge on any atom is 0.0992 e. The Hall–Kier alpha value is -1.53. The molecule has 0 bridgehead atoms. The molecule has 2 unspecified atom stereocenters. The van der Waals surface area contributed by atoms with Crippen molar-refractivity contribution in [2.24, 2.45) is 0 Å². The Labute approximate surface area is 95.7 Å². The highest BCUT2D eigenvalue weighted by atomic mass is 16.3. The molecule has 3 heteroatoms.